The summed E-state index contributed by atoms with van der Waals surface area (Å²) in [4.78, 5) is 23.2. The minimum absolute atomic E-state index is 0.00669. The summed E-state index contributed by atoms with van der Waals surface area (Å²) in [6.07, 6.45) is -0.172. The largest absolute Gasteiger partial charge is 0.481 e. The number of primary sulfonamides is 1. The van der Waals surface area contributed by atoms with Crippen LogP contribution < -0.4 is 10.5 Å². The van der Waals surface area contributed by atoms with Crippen LogP contribution in [0.25, 0.3) is 0 Å². The van der Waals surface area contributed by atoms with Crippen molar-refractivity contribution >= 4 is 27.6 Å². The van der Waals surface area contributed by atoms with Gasteiger partial charge in [-0.15, -0.1) is 0 Å². The zero-order valence-corrected chi connectivity index (χ0v) is 14.1. The van der Waals surface area contributed by atoms with Gasteiger partial charge >= 0.3 is 5.97 Å². The molecule has 0 heterocycles. The third-order valence-electron chi connectivity index (χ3n) is 3.59. The standard InChI is InChI=1S/C17H18N2O5S/c18-25(23,24)15-8-6-14(7-9-15)19-16(20)10-13(11-17(21)22)12-4-2-1-3-5-12/h1-9,13H,10-11H2,(H,19,20)(H,21,22)(H2,18,23,24)/t13-/m0/s1. The maximum atomic E-state index is 12.2. The second-order valence-corrected chi connectivity index (χ2v) is 7.09. The van der Waals surface area contributed by atoms with Crippen molar-refractivity contribution in [2.45, 2.75) is 23.7 Å². The Balaban J connectivity index is 2.07. The zero-order chi connectivity index (χ0) is 18.4. The molecule has 2 aromatic carbocycles. The number of sulfonamides is 1. The van der Waals surface area contributed by atoms with Crippen molar-refractivity contribution < 1.29 is 23.1 Å². The van der Waals surface area contributed by atoms with Crippen LogP contribution >= 0.6 is 0 Å². The van der Waals surface area contributed by atoms with Crippen molar-refractivity contribution in [3.8, 4) is 0 Å². The van der Waals surface area contributed by atoms with Gasteiger partial charge in [0.2, 0.25) is 15.9 Å². The van der Waals surface area contributed by atoms with E-state index in [1.165, 1.54) is 24.3 Å². The lowest BCUT2D eigenvalue weighted by atomic mass is 9.92. The Kier molecular flexibility index (Phi) is 5.89. The first-order chi connectivity index (χ1) is 11.8. The average Bonchev–Trinajstić information content (AvgIpc) is 2.54. The van der Waals surface area contributed by atoms with Gasteiger partial charge in [0.25, 0.3) is 0 Å². The summed E-state index contributed by atoms with van der Waals surface area (Å²) in [5.74, 6) is -1.81. The summed E-state index contributed by atoms with van der Waals surface area (Å²) in [7, 11) is -3.79. The fourth-order valence-electron chi connectivity index (χ4n) is 2.41. The van der Waals surface area contributed by atoms with E-state index in [0.717, 1.165) is 5.56 Å². The summed E-state index contributed by atoms with van der Waals surface area (Å²) < 4.78 is 22.4. The molecule has 2 aromatic rings. The molecule has 25 heavy (non-hydrogen) atoms. The number of amides is 1. The highest BCUT2D eigenvalue weighted by Gasteiger charge is 2.19. The van der Waals surface area contributed by atoms with Crippen molar-refractivity contribution in [1.82, 2.24) is 0 Å². The summed E-state index contributed by atoms with van der Waals surface area (Å²) in [5.41, 5.74) is 1.17. The lowest BCUT2D eigenvalue weighted by molar-refractivity contribution is -0.137. The van der Waals surface area contributed by atoms with Crippen LogP contribution in [0.1, 0.15) is 24.3 Å². The Morgan fingerprint density at radius 3 is 2.12 bits per heavy atom. The van der Waals surface area contributed by atoms with E-state index in [1.54, 1.807) is 24.3 Å². The van der Waals surface area contributed by atoms with Crippen LogP contribution in [0, 0.1) is 0 Å². The molecule has 0 aliphatic heterocycles. The van der Waals surface area contributed by atoms with Crippen LogP contribution in [-0.2, 0) is 19.6 Å². The molecule has 2 rings (SSSR count). The van der Waals surface area contributed by atoms with Gasteiger partial charge in [-0.1, -0.05) is 30.3 Å². The summed E-state index contributed by atoms with van der Waals surface area (Å²) in [6.45, 7) is 0. The van der Waals surface area contributed by atoms with Gasteiger partial charge < -0.3 is 10.4 Å². The number of benzene rings is 2. The molecule has 0 fully saturated rings. The SMILES string of the molecule is NS(=O)(=O)c1ccc(NC(=O)C[C@@H](CC(=O)O)c2ccccc2)cc1. The first-order valence-corrected chi connectivity index (χ1v) is 9.00. The van der Waals surface area contributed by atoms with Crippen LogP contribution in [0.4, 0.5) is 5.69 Å². The molecule has 0 spiro atoms. The Labute approximate surface area is 145 Å². The van der Waals surface area contributed by atoms with Gasteiger partial charge in [0, 0.05) is 18.0 Å². The van der Waals surface area contributed by atoms with Crippen LogP contribution in [0.3, 0.4) is 0 Å². The summed E-state index contributed by atoms with van der Waals surface area (Å²) >= 11 is 0. The summed E-state index contributed by atoms with van der Waals surface area (Å²) in [6, 6.07) is 14.4. The predicted octanol–water partition coefficient (Wildman–Crippen LogP) is 1.92. The third-order valence-corrected chi connectivity index (χ3v) is 4.52. The molecule has 0 aliphatic rings. The van der Waals surface area contributed by atoms with Gasteiger partial charge in [0.05, 0.1) is 11.3 Å². The minimum atomic E-state index is -3.79. The first kappa shape index (κ1) is 18.6. The Morgan fingerprint density at radius 2 is 1.60 bits per heavy atom. The maximum absolute atomic E-state index is 12.2. The molecule has 0 aromatic heterocycles. The highest BCUT2D eigenvalue weighted by molar-refractivity contribution is 7.89. The van der Waals surface area contributed by atoms with E-state index < -0.39 is 21.9 Å². The number of carboxylic acids is 1. The fraction of sp³-hybridized carbons (Fsp3) is 0.176. The zero-order valence-electron chi connectivity index (χ0n) is 13.3. The molecular formula is C17H18N2O5S. The van der Waals surface area contributed by atoms with Crippen LogP contribution in [0.15, 0.2) is 59.5 Å². The normalized spacial score (nSPS) is 12.4. The highest BCUT2D eigenvalue weighted by Crippen LogP contribution is 2.24. The number of nitrogens with two attached hydrogens (primary N) is 1. The molecule has 4 N–H and O–H groups in total. The van der Waals surface area contributed by atoms with E-state index in [0.29, 0.717) is 5.69 Å². The highest BCUT2D eigenvalue weighted by atomic mass is 32.2. The van der Waals surface area contributed by atoms with E-state index >= 15 is 0 Å². The number of carbonyl (C=O) groups is 2. The molecule has 132 valence electrons. The van der Waals surface area contributed by atoms with Crippen LogP contribution in [-0.4, -0.2) is 25.4 Å². The molecule has 7 nitrogen and oxygen atoms in total. The minimum Gasteiger partial charge on any atom is -0.481 e. The van der Waals surface area contributed by atoms with E-state index in [2.05, 4.69) is 5.32 Å². The molecule has 0 unspecified atom stereocenters. The molecule has 0 aliphatic carbocycles. The average molecular weight is 362 g/mol. The number of hydrogen-bond acceptors (Lipinski definition) is 4. The molecule has 1 amide bonds. The third kappa shape index (κ3) is 5.70. The number of carbonyl (C=O) groups excluding carboxylic acids is 1. The van der Waals surface area contributed by atoms with E-state index in [1.807, 2.05) is 6.07 Å². The lowest BCUT2D eigenvalue weighted by Crippen LogP contribution is -2.18. The predicted molar refractivity (Wildman–Crippen MR) is 92.5 cm³/mol. The van der Waals surface area contributed by atoms with E-state index in [4.69, 9.17) is 10.2 Å². The van der Waals surface area contributed by atoms with Crippen LogP contribution in [0.5, 0.6) is 0 Å². The van der Waals surface area contributed by atoms with Crippen molar-refractivity contribution in [1.29, 1.82) is 0 Å². The van der Waals surface area contributed by atoms with Gasteiger partial charge in [-0.2, -0.15) is 0 Å². The van der Waals surface area contributed by atoms with E-state index in [9.17, 15) is 18.0 Å². The van der Waals surface area contributed by atoms with Crippen LogP contribution in [0.2, 0.25) is 0 Å². The van der Waals surface area contributed by atoms with Gasteiger partial charge in [-0.25, -0.2) is 13.6 Å². The molecular weight excluding hydrogens is 344 g/mol. The number of aliphatic carboxylic acids is 1. The number of anilines is 1. The number of carboxylic acid groups (broad SMARTS) is 1. The Hall–Kier alpha value is -2.71. The topological polar surface area (TPSA) is 127 Å². The molecule has 0 saturated carbocycles. The number of hydrogen-bond donors (Lipinski definition) is 3. The summed E-state index contributed by atoms with van der Waals surface area (Å²) in [5, 5.41) is 16.7. The Bertz CT molecular complexity index is 848. The molecule has 0 saturated heterocycles. The number of nitrogens with one attached hydrogen (secondary N) is 1. The molecule has 0 bridgehead atoms. The maximum Gasteiger partial charge on any atom is 0.303 e. The van der Waals surface area contributed by atoms with Gasteiger partial charge in [-0.3, -0.25) is 9.59 Å². The van der Waals surface area contributed by atoms with Crippen molar-refractivity contribution in [3.05, 3.63) is 60.2 Å². The Morgan fingerprint density at radius 1 is 1.00 bits per heavy atom. The molecule has 1 atom stereocenters. The van der Waals surface area contributed by atoms with Crippen molar-refractivity contribution in [3.63, 3.8) is 0 Å². The second kappa shape index (κ2) is 7.91. The van der Waals surface area contributed by atoms with Crippen molar-refractivity contribution in [2.75, 3.05) is 5.32 Å². The second-order valence-electron chi connectivity index (χ2n) is 5.53. The lowest BCUT2D eigenvalue weighted by Gasteiger charge is -2.15. The van der Waals surface area contributed by atoms with E-state index in [-0.39, 0.29) is 23.6 Å². The number of rotatable bonds is 7. The van der Waals surface area contributed by atoms with Gasteiger partial charge in [0.1, 0.15) is 0 Å². The van der Waals surface area contributed by atoms with Gasteiger partial charge in [0.15, 0.2) is 0 Å². The molecule has 8 heteroatoms. The smallest absolute Gasteiger partial charge is 0.303 e. The monoisotopic (exact) mass is 362 g/mol. The van der Waals surface area contributed by atoms with Crippen molar-refractivity contribution in [2.24, 2.45) is 5.14 Å². The quantitative estimate of drug-likeness (QED) is 0.693. The molecule has 0 radical (unpaired) electrons. The van der Waals surface area contributed by atoms with Gasteiger partial charge in [-0.05, 0) is 29.8 Å². The fourth-order valence-corrected chi connectivity index (χ4v) is 2.92. The first-order valence-electron chi connectivity index (χ1n) is 7.45.